The summed E-state index contributed by atoms with van der Waals surface area (Å²) in [6.07, 6.45) is 16.0. The third kappa shape index (κ3) is 3.96. The predicted octanol–water partition coefficient (Wildman–Crippen LogP) is 5.92. The number of hydrogen-bond donors (Lipinski definition) is 0. The molecule has 1 rings (SSSR count). The van der Waals surface area contributed by atoms with Crippen LogP contribution in [0, 0.1) is 5.92 Å². The van der Waals surface area contributed by atoms with E-state index in [-0.39, 0.29) is 0 Å². The molecule has 0 bridgehead atoms. The first-order chi connectivity index (χ1) is 9.15. The van der Waals surface area contributed by atoms with Gasteiger partial charge < -0.3 is 0 Å². The average Bonchev–Trinajstić information content (AvgIpc) is 2.51. The molecule has 1 aliphatic rings. The summed E-state index contributed by atoms with van der Waals surface area (Å²) in [5.41, 5.74) is 5.35. The molecule has 1 unspecified atom stereocenters. The second kappa shape index (κ2) is 7.78. The third-order valence-corrected chi connectivity index (χ3v) is 3.65. The zero-order chi connectivity index (χ0) is 14.3. The van der Waals surface area contributed by atoms with E-state index >= 15 is 0 Å². The van der Waals surface area contributed by atoms with Gasteiger partial charge in [0.25, 0.3) is 0 Å². The first-order valence-corrected chi connectivity index (χ1v) is 7.18. The molecule has 19 heavy (non-hydrogen) atoms. The second-order valence-electron chi connectivity index (χ2n) is 4.97. The van der Waals surface area contributed by atoms with Crippen LogP contribution >= 0.6 is 0 Å². The molecule has 0 aromatic rings. The fourth-order valence-electron chi connectivity index (χ4n) is 2.55. The van der Waals surface area contributed by atoms with Crippen molar-refractivity contribution in [2.75, 3.05) is 0 Å². The Morgan fingerprint density at radius 1 is 1.32 bits per heavy atom. The minimum Gasteiger partial charge on any atom is -0.0988 e. The Labute approximate surface area is 118 Å². The molecule has 0 aromatic heterocycles. The minimum atomic E-state index is 0.390. The molecule has 0 aliphatic heterocycles. The lowest BCUT2D eigenvalue weighted by molar-refractivity contribution is 0.832. The van der Waals surface area contributed by atoms with Gasteiger partial charge >= 0.3 is 0 Å². The second-order valence-corrected chi connectivity index (χ2v) is 4.97. The topological polar surface area (TPSA) is 0 Å². The maximum Gasteiger partial charge on any atom is 0.00661 e. The molecular formula is C19H26. The first kappa shape index (κ1) is 15.5. The zero-order valence-electron chi connectivity index (χ0n) is 12.6. The quantitative estimate of drug-likeness (QED) is 0.584. The molecule has 0 N–H and O–H groups in total. The summed E-state index contributed by atoms with van der Waals surface area (Å²) < 4.78 is 0. The average molecular weight is 254 g/mol. The molecule has 0 radical (unpaired) electrons. The van der Waals surface area contributed by atoms with Crippen molar-refractivity contribution >= 4 is 0 Å². The van der Waals surface area contributed by atoms with Gasteiger partial charge in [-0.25, -0.2) is 0 Å². The van der Waals surface area contributed by atoms with Gasteiger partial charge in [0, 0.05) is 5.92 Å². The Morgan fingerprint density at radius 3 is 2.63 bits per heavy atom. The summed E-state index contributed by atoms with van der Waals surface area (Å²) in [6.45, 7) is 14.7. The van der Waals surface area contributed by atoms with Gasteiger partial charge in [0.1, 0.15) is 0 Å². The molecule has 1 atom stereocenters. The largest absolute Gasteiger partial charge is 0.0988 e. The van der Waals surface area contributed by atoms with Crippen molar-refractivity contribution < 1.29 is 0 Å². The Balaban J connectivity index is 3.23. The molecule has 1 aliphatic carbocycles. The van der Waals surface area contributed by atoms with Crippen LogP contribution in [-0.4, -0.2) is 0 Å². The van der Waals surface area contributed by atoms with Gasteiger partial charge in [-0.3, -0.25) is 0 Å². The Kier molecular flexibility index (Phi) is 6.35. The molecule has 0 saturated carbocycles. The fraction of sp³-hybridized carbons (Fsp3) is 0.368. The van der Waals surface area contributed by atoms with E-state index in [2.05, 4.69) is 64.3 Å². The monoisotopic (exact) mass is 254 g/mol. The van der Waals surface area contributed by atoms with E-state index in [1.807, 2.05) is 6.08 Å². The van der Waals surface area contributed by atoms with Crippen molar-refractivity contribution in [3.8, 4) is 0 Å². The lowest BCUT2D eigenvalue weighted by Gasteiger charge is -2.17. The highest BCUT2D eigenvalue weighted by Crippen LogP contribution is 2.36. The zero-order valence-corrected chi connectivity index (χ0v) is 12.6. The first-order valence-electron chi connectivity index (χ1n) is 7.18. The molecule has 0 heterocycles. The Hall–Kier alpha value is -1.56. The Bertz CT molecular complexity index is 452. The SMILES string of the molecule is C=CC1=C(/C=C\C)C(C)/C(=C/C=C\CC)C(=C)CC1. The van der Waals surface area contributed by atoms with Crippen molar-refractivity contribution in [2.45, 2.75) is 40.0 Å². The van der Waals surface area contributed by atoms with E-state index in [4.69, 9.17) is 0 Å². The number of hydrogen-bond acceptors (Lipinski definition) is 0. The Morgan fingerprint density at radius 2 is 2.05 bits per heavy atom. The lowest BCUT2D eigenvalue weighted by atomic mass is 9.87. The van der Waals surface area contributed by atoms with Gasteiger partial charge in [-0.2, -0.15) is 0 Å². The van der Waals surface area contributed by atoms with Crippen molar-refractivity contribution in [3.05, 3.63) is 71.9 Å². The van der Waals surface area contributed by atoms with E-state index in [0.29, 0.717) is 5.92 Å². The van der Waals surface area contributed by atoms with Crippen molar-refractivity contribution in [3.63, 3.8) is 0 Å². The van der Waals surface area contributed by atoms with Crippen molar-refractivity contribution in [2.24, 2.45) is 5.92 Å². The van der Waals surface area contributed by atoms with Crippen LogP contribution in [0.1, 0.15) is 40.0 Å². The molecule has 0 amide bonds. The number of allylic oxidation sites excluding steroid dienone is 10. The highest BCUT2D eigenvalue weighted by atomic mass is 14.2. The smallest absolute Gasteiger partial charge is 0.00661 e. The summed E-state index contributed by atoms with van der Waals surface area (Å²) in [5, 5.41) is 0. The lowest BCUT2D eigenvalue weighted by Crippen LogP contribution is -2.03. The summed E-state index contributed by atoms with van der Waals surface area (Å²) in [7, 11) is 0. The van der Waals surface area contributed by atoms with Crippen LogP contribution in [0.15, 0.2) is 71.9 Å². The normalized spacial score (nSPS) is 23.6. The van der Waals surface area contributed by atoms with E-state index in [9.17, 15) is 0 Å². The molecule has 0 heteroatoms. The van der Waals surface area contributed by atoms with Crippen molar-refractivity contribution in [1.82, 2.24) is 0 Å². The molecule has 0 saturated heterocycles. The van der Waals surface area contributed by atoms with Crippen LogP contribution in [0.2, 0.25) is 0 Å². The van der Waals surface area contributed by atoms with Crippen LogP contribution in [0.4, 0.5) is 0 Å². The van der Waals surface area contributed by atoms with Gasteiger partial charge in [0.2, 0.25) is 0 Å². The van der Waals surface area contributed by atoms with Gasteiger partial charge in [-0.15, -0.1) is 0 Å². The molecular weight excluding hydrogens is 228 g/mol. The minimum absolute atomic E-state index is 0.390. The van der Waals surface area contributed by atoms with Crippen LogP contribution in [0.25, 0.3) is 0 Å². The van der Waals surface area contributed by atoms with Crippen LogP contribution < -0.4 is 0 Å². The maximum atomic E-state index is 4.26. The van der Waals surface area contributed by atoms with Gasteiger partial charge in [0.15, 0.2) is 0 Å². The summed E-state index contributed by atoms with van der Waals surface area (Å²) in [5.74, 6) is 0.390. The van der Waals surface area contributed by atoms with Gasteiger partial charge in [-0.05, 0) is 42.9 Å². The van der Waals surface area contributed by atoms with E-state index < -0.39 is 0 Å². The van der Waals surface area contributed by atoms with Gasteiger partial charge in [-0.1, -0.05) is 69.0 Å². The van der Waals surface area contributed by atoms with E-state index in [1.165, 1.54) is 22.3 Å². The fourth-order valence-corrected chi connectivity index (χ4v) is 2.55. The summed E-state index contributed by atoms with van der Waals surface area (Å²) >= 11 is 0. The van der Waals surface area contributed by atoms with Gasteiger partial charge in [0.05, 0.1) is 0 Å². The third-order valence-electron chi connectivity index (χ3n) is 3.65. The summed E-state index contributed by atoms with van der Waals surface area (Å²) in [6, 6.07) is 0. The van der Waals surface area contributed by atoms with Crippen LogP contribution in [-0.2, 0) is 0 Å². The van der Waals surface area contributed by atoms with E-state index in [1.54, 1.807) is 0 Å². The van der Waals surface area contributed by atoms with Crippen LogP contribution in [0.5, 0.6) is 0 Å². The van der Waals surface area contributed by atoms with Crippen molar-refractivity contribution in [1.29, 1.82) is 0 Å². The molecule has 0 fully saturated rings. The molecule has 0 spiro atoms. The highest BCUT2D eigenvalue weighted by Gasteiger charge is 2.20. The predicted molar refractivity (Wildman–Crippen MR) is 87.1 cm³/mol. The highest BCUT2D eigenvalue weighted by molar-refractivity contribution is 5.47. The van der Waals surface area contributed by atoms with Crippen LogP contribution in [0.3, 0.4) is 0 Å². The maximum absolute atomic E-state index is 4.26. The molecule has 0 aromatic carbocycles. The summed E-state index contributed by atoms with van der Waals surface area (Å²) in [4.78, 5) is 0. The molecule has 102 valence electrons. The molecule has 0 nitrogen and oxygen atoms in total. The standard InChI is InChI=1S/C19H26/c1-6-9-10-12-18-15(4)13-14-17(8-3)19(11-7-2)16(18)5/h7-12,16H,3-4,6,13-14H2,1-2,5H3/b10-9-,11-7-,18-12+. The number of rotatable bonds is 4. The van der Waals surface area contributed by atoms with E-state index in [0.717, 1.165) is 19.3 Å².